The van der Waals surface area contributed by atoms with E-state index in [0.717, 1.165) is 0 Å². The summed E-state index contributed by atoms with van der Waals surface area (Å²) >= 11 is 0. The summed E-state index contributed by atoms with van der Waals surface area (Å²) in [5.41, 5.74) is 0.141. The quantitative estimate of drug-likeness (QED) is 0.256. The molecule has 0 saturated heterocycles. The zero-order valence-electron chi connectivity index (χ0n) is 21.2. The number of rotatable bonds is 8. The molecule has 0 saturated carbocycles. The summed E-state index contributed by atoms with van der Waals surface area (Å²) in [6, 6.07) is 18.4. The van der Waals surface area contributed by atoms with E-state index in [4.69, 9.17) is 9.84 Å². The topological polar surface area (TPSA) is 133 Å². The SMILES string of the molecule is C[C@@H](/C=C/CCO)[C@]1(O)C(=O)N(Cc2cccc(N3C(=O)COc4ccccc43)c2)c2ccc([N+](=O)[O-])cc21. The number of hydrogen-bond acceptors (Lipinski definition) is 7. The number of non-ortho nitro benzene ring substituents is 1. The van der Waals surface area contributed by atoms with E-state index >= 15 is 0 Å². The van der Waals surface area contributed by atoms with Crippen LogP contribution in [0.3, 0.4) is 0 Å². The summed E-state index contributed by atoms with van der Waals surface area (Å²) in [4.78, 5) is 40.5. The molecule has 2 aliphatic rings. The van der Waals surface area contributed by atoms with Gasteiger partial charge in [0.1, 0.15) is 5.75 Å². The average Bonchev–Trinajstić information content (AvgIpc) is 3.15. The molecule has 10 nitrogen and oxygen atoms in total. The molecule has 2 heterocycles. The normalized spacial score (nSPS) is 19.2. The van der Waals surface area contributed by atoms with E-state index in [2.05, 4.69) is 0 Å². The largest absolute Gasteiger partial charge is 0.482 e. The number of anilines is 3. The predicted molar refractivity (Wildman–Crippen MR) is 144 cm³/mol. The summed E-state index contributed by atoms with van der Waals surface area (Å²) in [5.74, 6) is -0.992. The van der Waals surface area contributed by atoms with E-state index in [1.165, 1.54) is 23.1 Å². The van der Waals surface area contributed by atoms with Gasteiger partial charge in [0.05, 0.1) is 22.8 Å². The summed E-state index contributed by atoms with van der Waals surface area (Å²) in [7, 11) is 0. The summed E-state index contributed by atoms with van der Waals surface area (Å²) < 4.78 is 5.55. The van der Waals surface area contributed by atoms with E-state index < -0.39 is 22.3 Å². The first-order valence-electron chi connectivity index (χ1n) is 12.5. The molecule has 2 N–H and O–H groups in total. The molecular weight excluding hydrogens is 502 g/mol. The molecule has 2 aliphatic heterocycles. The Morgan fingerprint density at radius 2 is 1.90 bits per heavy atom. The molecule has 0 radical (unpaired) electrons. The van der Waals surface area contributed by atoms with Gasteiger partial charge in [0.25, 0.3) is 17.5 Å². The Morgan fingerprint density at radius 1 is 1.10 bits per heavy atom. The molecule has 0 unspecified atom stereocenters. The fourth-order valence-electron chi connectivity index (χ4n) is 5.08. The van der Waals surface area contributed by atoms with Crippen molar-refractivity contribution in [1.29, 1.82) is 0 Å². The molecule has 10 heteroatoms. The van der Waals surface area contributed by atoms with Crippen LogP contribution in [0.15, 0.2) is 78.9 Å². The highest BCUT2D eigenvalue weighted by molar-refractivity contribution is 6.07. The minimum absolute atomic E-state index is 0.0625. The minimum Gasteiger partial charge on any atom is -0.482 e. The minimum atomic E-state index is -2.04. The van der Waals surface area contributed by atoms with Gasteiger partial charge < -0.3 is 19.8 Å². The van der Waals surface area contributed by atoms with Crippen LogP contribution in [0.2, 0.25) is 0 Å². The van der Waals surface area contributed by atoms with Crippen LogP contribution in [0.4, 0.5) is 22.7 Å². The third kappa shape index (κ3) is 4.53. The number of nitrogens with zero attached hydrogens (tertiary/aromatic N) is 3. The Bertz CT molecular complexity index is 1490. The van der Waals surface area contributed by atoms with Crippen molar-refractivity contribution in [3.8, 4) is 5.75 Å². The molecule has 0 aromatic heterocycles. The van der Waals surface area contributed by atoms with Crippen LogP contribution in [0, 0.1) is 16.0 Å². The van der Waals surface area contributed by atoms with Gasteiger partial charge in [-0.15, -0.1) is 0 Å². The van der Waals surface area contributed by atoms with E-state index in [-0.39, 0.29) is 36.9 Å². The molecule has 0 spiro atoms. The Morgan fingerprint density at radius 3 is 2.67 bits per heavy atom. The van der Waals surface area contributed by atoms with Crippen molar-refractivity contribution in [2.24, 2.45) is 5.92 Å². The highest BCUT2D eigenvalue weighted by atomic mass is 16.6. The number of nitro groups is 1. The second-order valence-corrected chi connectivity index (χ2v) is 9.50. The summed E-state index contributed by atoms with van der Waals surface area (Å²) in [6.45, 7) is 1.52. The van der Waals surface area contributed by atoms with E-state index in [9.17, 15) is 24.8 Å². The van der Waals surface area contributed by atoms with Crippen LogP contribution in [0.25, 0.3) is 0 Å². The second kappa shape index (κ2) is 10.3. The number of carbonyl (C=O) groups is 2. The van der Waals surface area contributed by atoms with E-state index in [1.54, 1.807) is 60.4 Å². The van der Waals surface area contributed by atoms with Crippen LogP contribution in [-0.2, 0) is 21.7 Å². The third-order valence-corrected chi connectivity index (χ3v) is 7.06. The van der Waals surface area contributed by atoms with Gasteiger partial charge in [0, 0.05) is 35.9 Å². The van der Waals surface area contributed by atoms with Gasteiger partial charge in [0.2, 0.25) is 0 Å². The number of aliphatic hydroxyl groups excluding tert-OH is 1. The monoisotopic (exact) mass is 529 g/mol. The van der Waals surface area contributed by atoms with Crippen molar-refractivity contribution in [3.05, 3.63) is 100 Å². The maximum atomic E-state index is 13.8. The Kier molecular flexibility index (Phi) is 6.90. The van der Waals surface area contributed by atoms with E-state index in [0.29, 0.717) is 34.8 Å². The maximum Gasteiger partial charge on any atom is 0.269 e. The predicted octanol–water partition coefficient (Wildman–Crippen LogP) is 3.96. The van der Waals surface area contributed by atoms with Crippen LogP contribution >= 0.6 is 0 Å². The summed E-state index contributed by atoms with van der Waals surface area (Å²) in [5, 5.41) is 32.3. The summed E-state index contributed by atoms with van der Waals surface area (Å²) in [6.07, 6.45) is 3.63. The Balaban J connectivity index is 1.52. The van der Waals surface area contributed by atoms with Crippen LogP contribution in [0.5, 0.6) is 5.75 Å². The average molecular weight is 530 g/mol. The molecule has 3 aromatic carbocycles. The zero-order valence-corrected chi connectivity index (χ0v) is 21.2. The number of nitro benzene ring substituents is 1. The lowest BCUT2D eigenvalue weighted by Crippen LogP contribution is -2.44. The van der Waals surface area contributed by atoms with Gasteiger partial charge in [-0.1, -0.05) is 43.3 Å². The number of benzene rings is 3. The first-order valence-corrected chi connectivity index (χ1v) is 12.5. The number of fused-ring (bicyclic) bond motifs is 2. The Hall–Kier alpha value is -4.54. The van der Waals surface area contributed by atoms with Crippen LogP contribution in [-0.4, -0.2) is 40.2 Å². The van der Waals surface area contributed by atoms with Crippen molar-refractivity contribution in [1.82, 2.24) is 0 Å². The number of aliphatic hydroxyl groups is 2. The first-order chi connectivity index (χ1) is 18.8. The number of amides is 2. The molecule has 2 amide bonds. The lowest BCUT2D eigenvalue weighted by Gasteiger charge is -2.30. The molecule has 2 atom stereocenters. The highest BCUT2D eigenvalue weighted by Gasteiger charge is 2.53. The van der Waals surface area contributed by atoms with Crippen molar-refractivity contribution in [2.45, 2.75) is 25.5 Å². The van der Waals surface area contributed by atoms with Gasteiger partial charge in [-0.25, -0.2) is 0 Å². The maximum absolute atomic E-state index is 13.8. The molecule has 200 valence electrons. The molecule has 0 aliphatic carbocycles. The van der Waals surface area contributed by atoms with Gasteiger partial charge >= 0.3 is 0 Å². The van der Waals surface area contributed by atoms with Crippen molar-refractivity contribution >= 4 is 34.6 Å². The zero-order chi connectivity index (χ0) is 27.7. The van der Waals surface area contributed by atoms with Gasteiger partial charge in [0.15, 0.2) is 12.2 Å². The van der Waals surface area contributed by atoms with Crippen molar-refractivity contribution in [3.63, 3.8) is 0 Å². The fourth-order valence-corrected chi connectivity index (χ4v) is 5.08. The lowest BCUT2D eigenvalue weighted by atomic mass is 9.82. The standard InChI is InChI=1S/C29H27N3O7/c1-19(7-4-5-14-33)29(36)23-16-22(32(37)38)12-13-24(23)30(28(29)35)17-20-8-6-9-21(15-20)31-25-10-2-3-11-26(25)39-18-27(31)34/h2-4,6-13,15-16,19,33,36H,5,14,17-18H2,1H3/b7-4+/t19-,29+/m0/s1. The fraction of sp³-hybridized carbons (Fsp3) is 0.241. The highest BCUT2D eigenvalue weighted by Crippen LogP contribution is 2.47. The molecule has 39 heavy (non-hydrogen) atoms. The lowest BCUT2D eigenvalue weighted by molar-refractivity contribution is -0.385. The van der Waals surface area contributed by atoms with Gasteiger partial charge in [-0.2, -0.15) is 0 Å². The third-order valence-electron chi connectivity index (χ3n) is 7.06. The molecular formula is C29H27N3O7. The number of ether oxygens (including phenoxy) is 1. The molecule has 5 rings (SSSR count). The van der Waals surface area contributed by atoms with Crippen molar-refractivity contribution < 1.29 is 29.5 Å². The Labute approximate surface area is 224 Å². The number of hydrogen-bond donors (Lipinski definition) is 2. The molecule has 0 bridgehead atoms. The van der Waals surface area contributed by atoms with E-state index in [1.807, 2.05) is 12.1 Å². The van der Waals surface area contributed by atoms with Crippen LogP contribution in [0.1, 0.15) is 24.5 Å². The van der Waals surface area contributed by atoms with Crippen LogP contribution < -0.4 is 14.5 Å². The molecule has 3 aromatic rings. The molecule has 0 fully saturated rings. The van der Waals surface area contributed by atoms with Gasteiger partial charge in [-0.3, -0.25) is 24.6 Å². The second-order valence-electron chi connectivity index (χ2n) is 9.50. The first kappa shape index (κ1) is 26.1. The number of para-hydroxylation sites is 2. The van der Waals surface area contributed by atoms with Crippen molar-refractivity contribution in [2.75, 3.05) is 23.0 Å². The number of carbonyl (C=O) groups excluding carboxylic acids is 2. The van der Waals surface area contributed by atoms with Gasteiger partial charge in [-0.05, 0) is 42.3 Å². The smallest absolute Gasteiger partial charge is 0.269 e.